The Hall–Kier alpha value is -3.88. The van der Waals surface area contributed by atoms with Crippen LogP contribution in [0.25, 0.3) is 21.8 Å². The molecule has 5 rings (SSSR count). The summed E-state index contributed by atoms with van der Waals surface area (Å²) >= 11 is 0. The van der Waals surface area contributed by atoms with Crippen molar-refractivity contribution in [2.24, 2.45) is 0 Å². The van der Waals surface area contributed by atoms with Crippen molar-refractivity contribution in [3.05, 3.63) is 107 Å². The van der Waals surface area contributed by atoms with Crippen molar-refractivity contribution < 1.29 is 22.1 Å². The molecule has 0 aliphatic rings. The normalized spacial score (nSPS) is 12.3. The number of aromatic amines is 2. The van der Waals surface area contributed by atoms with Crippen molar-refractivity contribution in [2.45, 2.75) is 5.60 Å². The molecule has 0 atom stereocenters. The predicted molar refractivity (Wildman–Crippen MR) is 130 cm³/mol. The molecule has 0 fully saturated rings. The molecule has 34 heavy (non-hydrogen) atoms. The Balaban J connectivity index is 1.90. The molecule has 0 aliphatic carbocycles. The third-order valence-electron chi connectivity index (χ3n) is 5.93. The van der Waals surface area contributed by atoms with Crippen molar-refractivity contribution in [1.29, 1.82) is 0 Å². The fourth-order valence-electron chi connectivity index (χ4n) is 4.51. The van der Waals surface area contributed by atoms with E-state index in [9.17, 15) is 13.2 Å². The van der Waals surface area contributed by atoms with Gasteiger partial charge in [-0.3, -0.25) is 0 Å². The number of aromatic nitrogens is 2. The van der Waals surface area contributed by atoms with Crippen molar-refractivity contribution >= 4 is 37.9 Å². The molecule has 2 heterocycles. The number of nitrogens with one attached hydrogen (secondary N) is 2. The number of fused-ring (bicyclic) bond motifs is 2. The lowest BCUT2D eigenvalue weighted by molar-refractivity contribution is 0.0600. The standard InChI is InChI=1S/C26H22N2O5S/c1-32-25(29)17-11-13-18(14-12-17)26(33-34(2,30)31,21-15-27-23-9-5-3-7-19(21)23)22-16-28-24-10-6-4-8-20(22)24/h3-16,27-28H,1-2H3. The van der Waals surface area contributed by atoms with Crippen LogP contribution in [0.4, 0.5) is 0 Å². The predicted octanol–water partition coefficient (Wildman–Crippen LogP) is 4.70. The third kappa shape index (κ3) is 3.57. The minimum Gasteiger partial charge on any atom is -0.465 e. The number of rotatable bonds is 6. The molecular formula is C26H22N2O5S. The highest BCUT2D eigenvalue weighted by atomic mass is 32.2. The molecule has 0 spiro atoms. The van der Waals surface area contributed by atoms with Gasteiger partial charge in [0, 0.05) is 45.3 Å². The zero-order chi connectivity index (χ0) is 23.9. The van der Waals surface area contributed by atoms with Gasteiger partial charge in [-0.15, -0.1) is 0 Å². The molecule has 0 saturated carbocycles. The molecule has 0 saturated heterocycles. The summed E-state index contributed by atoms with van der Waals surface area (Å²) in [5.41, 5.74) is 2.28. The van der Waals surface area contributed by atoms with Crippen molar-refractivity contribution in [3.63, 3.8) is 0 Å². The summed E-state index contributed by atoms with van der Waals surface area (Å²) in [6, 6.07) is 21.8. The van der Waals surface area contributed by atoms with Crippen molar-refractivity contribution in [1.82, 2.24) is 9.97 Å². The van der Waals surface area contributed by atoms with Crippen molar-refractivity contribution in [3.8, 4) is 0 Å². The Morgan fingerprint density at radius 3 is 1.76 bits per heavy atom. The fraction of sp³-hybridized carbons (Fsp3) is 0.115. The molecule has 0 amide bonds. The van der Waals surface area contributed by atoms with Crippen LogP contribution in [0, 0.1) is 0 Å². The van der Waals surface area contributed by atoms with Crippen LogP contribution in [0.15, 0.2) is 85.2 Å². The number of carbonyl (C=O) groups excluding carboxylic acids is 1. The van der Waals surface area contributed by atoms with E-state index in [0.717, 1.165) is 28.1 Å². The average molecular weight is 475 g/mol. The van der Waals surface area contributed by atoms with E-state index in [4.69, 9.17) is 8.92 Å². The summed E-state index contributed by atoms with van der Waals surface area (Å²) in [7, 11) is -2.66. The fourth-order valence-corrected chi connectivity index (χ4v) is 5.24. The molecule has 5 aromatic rings. The molecule has 0 aliphatic heterocycles. The Morgan fingerprint density at radius 2 is 1.29 bits per heavy atom. The first-order chi connectivity index (χ1) is 16.3. The van der Waals surface area contributed by atoms with Gasteiger partial charge in [-0.05, 0) is 29.8 Å². The van der Waals surface area contributed by atoms with Crippen LogP contribution < -0.4 is 0 Å². The second-order valence-corrected chi connectivity index (χ2v) is 9.61. The summed E-state index contributed by atoms with van der Waals surface area (Å²) in [6.07, 6.45) is 4.58. The summed E-state index contributed by atoms with van der Waals surface area (Å²) in [4.78, 5) is 18.5. The minimum atomic E-state index is -3.97. The van der Waals surface area contributed by atoms with E-state index in [2.05, 4.69) is 9.97 Å². The van der Waals surface area contributed by atoms with E-state index in [1.54, 1.807) is 36.7 Å². The number of hydrogen-bond donors (Lipinski definition) is 2. The molecular weight excluding hydrogens is 452 g/mol. The maximum absolute atomic E-state index is 12.8. The molecule has 7 nitrogen and oxygen atoms in total. The number of benzene rings is 3. The van der Waals surface area contributed by atoms with Gasteiger partial charge in [0.05, 0.1) is 18.9 Å². The SMILES string of the molecule is COC(=O)c1ccc(C(OS(C)(=O)=O)(c2c[nH]c3ccccc23)c2c[nH]c3ccccc23)cc1. The number of H-pyrrole nitrogens is 2. The van der Waals surface area contributed by atoms with E-state index in [1.165, 1.54) is 7.11 Å². The van der Waals surface area contributed by atoms with Gasteiger partial charge in [-0.1, -0.05) is 48.5 Å². The summed E-state index contributed by atoms with van der Waals surface area (Å²) in [5.74, 6) is -0.486. The number of para-hydroxylation sites is 2. The second kappa shape index (κ2) is 8.16. The van der Waals surface area contributed by atoms with E-state index < -0.39 is 21.7 Å². The highest BCUT2D eigenvalue weighted by Gasteiger charge is 2.44. The molecule has 2 N–H and O–H groups in total. The molecule has 3 aromatic carbocycles. The monoisotopic (exact) mass is 474 g/mol. The van der Waals surface area contributed by atoms with Crippen LogP contribution in [0.1, 0.15) is 27.0 Å². The Kier molecular flexibility index (Phi) is 5.27. The summed E-state index contributed by atoms with van der Waals surface area (Å²) < 4.78 is 36.5. The number of methoxy groups -OCH3 is 1. The first-order valence-electron chi connectivity index (χ1n) is 10.6. The molecule has 0 bridgehead atoms. The zero-order valence-electron chi connectivity index (χ0n) is 18.5. The zero-order valence-corrected chi connectivity index (χ0v) is 19.3. The highest BCUT2D eigenvalue weighted by Crippen LogP contribution is 2.46. The van der Waals surface area contributed by atoms with Crippen LogP contribution in [0.3, 0.4) is 0 Å². The van der Waals surface area contributed by atoms with Crippen molar-refractivity contribution in [2.75, 3.05) is 13.4 Å². The first kappa shape index (κ1) is 21.9. The van der Waals surface area contributed by atoms with Gasteiger partial charge in [0.15, 0.2) is 5.60 Å². The molecule has 8 heteroatoms. The summed E-state index contributed by atoms with van der Waals surface area (Å²) in [6.45, 7) is 0. The van der Waals surface area contributed by atoms with Gasteiger partial charge >= 0.3 is 5.97 Å². The van der Waals surface area contributed by atoms with E-state index >= 15 is 0 Å². The summed E-state index contributed by atoms with van der Waals surface area (Å²) in [5, 5.41) is 1.63. The van der Waals surface area contributed by atoms with Crippen LogP contribution in [-0.2, 0) is 24.6 Å². The Labute approximate surface area is 196 Å². The maximum atomic E-state index is 12.8. The second-order valence-electron chi connectivity index (χ2n) is 8.03. The third-order valence-corrected chi connectivity index (χ3v) is 6.48. The molecule has 0 unspecified atom stereocenters. The van der Waals surface area contributed by atoms with Crippen LogP contribution in [-0.4, -0.2) is 37.7 Å². The molecule has 0 radical (unpaired) electrons. The number of ether oxygens (including phenoxy) is 1. The first-order valence-corrected chi connectivity index (χ1v) is 12.4. The van der Waals surface area contributed by atoms with Gasteiger partial charge < -0.3 is 14.7 Å². The number of carbonyl (C=O) groups is 1. The van der Waals surface area contributed by atoms with Gasteiger partial charge in [-0.2, -0.15) is 8.42 Å². The molecule has 2 aromatic heterocycles. The molecule has 172 valence electrons. The lowest BCUT2D eigenvalue weighted by Crippen LogP contribution is -2.35. The van der Waals surface area contributed by atoms with Crippen LogP contribution in [0.2, 0.25) is 0 Å². The van der Waals surface area contributed by atoms with Gasteiger partial charge in [0.1, 0.15) is 0 Å². The smallest absolute Gasteiger partial charge is 0.337 e. The Bertz CT molecular complexity index is 1540. The lowest BCUT2D eigenvalue weighted by atomic mass is 9.80. The van der Waals surface area contributed by atoms with Crippen LogP contribution in [0.5, 0.6) is 0 Å². The van der Waals surface area contributed by atoms with Crippen LogP contribution >= 0.6 is 0 Å². The Morgan fingerprint density at radius 1 is 0.794 bits per heavy atom. The quantitative estimate of drug-likeness (QED) is 0.274. The van der Waals surface area contributed by atoms with E-state index in [1.807, 2.05) is 48.5 Å². The number of esters is 1. The maximum Gasteiger partial charge on any atom is 0.337 e. The average Bonchev–Trinajstić information content (AvgIpc) is 3.47. The number of hydrogen-bond acceptors (Lipinski definition) is 5. The highest BCUT2D eigenvalue weighted by molar-refractivity contribution is 7.86. The van der Waals surface area contributed by atoms with Gasteiger partial charge in [0.25, 0.3) is 10.1 Å². The minimum absolute atomic E-state index is 0.345. The largest absolute Gasteiger partial charge is 0.465 e. The van der Waals surface area contributed by atoms with E-state index in [-0.39, 0.29) is 0 Å². The van der Waals surface area contributed by atoms with Gasteiger partial charge in [0.2, 0.25) is 0 Å². The lowest BCUT2D eigenvalue weighted by Gasteiger charge is -2.33. The van der Waals surface area contributed by atoms with Gasteiger partial charge in [-0.25, -0.2) is 8.98 Å². The topological polar surface area (TPSA) is 101 Å². The van der Waals surface area contributed by atoms with E-state index in [0.29, 0.717) is 22.3 Å².